The minimum Gasteiger partial charge on any atom is -0.508 e. The number of aromatic nitrogens is 2. The number of phenols is 1. The Morgan fingerprint density at radius 3 is 2.79 bits per heavy atom. The summed E-state index contributed by atoms with van der Waals surface area (Å²) in [7, 11) is 1.98. The van der Waals surface area contributed by atoms with Gasteiger partial charge in [0.25, 0.3) is 0 Å². The second kappa shape index (κ2) is 10.0. The number of nitrogens with zero attached hydrogens (tertiary/aromatic N) is 4. The average Bonchev–Trinajstić information content (AvgIpc) is 2.79. The molecule has 4 rings (SSSR count). The van der Waals surface area contributed by atoms with Crippen molar-refractivity contribution in [2.45, 2.75) is 32.9 Å². The van der Waals surface area contributed by atoms with Gasteiger partial charge in [-0.15, -0.1) is 0 Å². The lowest BCUT2D eigenvalue weighted by Crippen LogP contribution is -2.53. The standard InChI is InChI=1S/C26H31N5O2/c1-18-13-20(7-8-24(18)32)9-11-27-26-28-12-10-23(29-26)22-6-4-5-21(14-22)16-31-19(2)15-30(3)17-25(31)33/h4-8,10,12-14,19,32H,9,11,15-17H2,1-3H3,(H,27,28,29)/t19-/m0/s1. The van der Waals surface area contributed by atoms with Crippen LogP contribution in [0.1, 0.15) is 23.6 Å². The number of rotatable bonds is 7. The molecule has 1 saturated heterocycles. The Morgan fingerprint density at radius 2 is 2.00 bits per heavy atom. The smallest absolute Gasteiger partial charge is 0.237 e. The Bertz CT molecular complexity index is 1130. The fourth-order valence-electron chi connectivity index (χ4n) is 4.25. The molecule has 0 radical (unpaired) electrons. The number of aryl methyl sites for hydroxylation is 1. The molecule has 0 bridgehead atoms. The fourth-order valence-corrected chi connectivity index (χ4v) is 4.25. The van der Waals surface area contributed by atoms with Crippen LogP contribution in [0.15, 0.2) is 54.7 Å². The van der Waals surface area contributed by atoms with Gasteiger partial charge in [-0.2, -0.15) is 0 Å². The van der Waals surface area contributed by atoms with E-state index < -0.39 is 0 Å². The van der Waals surface area contributed by atoms with Crippen LogP contribution in [-0.4, -0.2) is 63.5 Å². The van der Waals surface area contributed by atoms with Crippen LogP contribution in [-0.2, 0) is 17.8 Å². The van der Waals surface area contributed by atoms with E-state index in [1.54, 1.807) is 12.3 Å². The summed E-state index contributed by atoms with van der Waals surface area (Å²) < 4.78 is 0. The Balaban J connectivity index is 1.41. The van der Waals surface area contributed by atoms with Gasteiger partial charge in [0.15, 0.2) is 0 Å². The van der Waals surface area contributed by atoms with Crippen LogP contribution in [0.3, 0.4) is 0 Å². The highest BCUT2D eigenvalue weighted by Gasteiger charge is 2.27. The van der Waals surface area contributed by atoms with Gasteiger partial charge < -0.3 is 15.3 Å². The summed E-state index contributed by atoms with van der Waals surface area (Å²) in [6.07, 6.45) is 2.57. The van der Waals surface area contributed by atoms with E-state index in [9.17, 15) is 9.90 Å². The number of benzene rings is 2. The van der Waals surface area contributed by atoms with Crippen molar-refractivity contribution in [3.05, 3.63) is 71.4 Å². The maximum Gasteiger partial charge on any atom is 0.237 e. The van der Waals surface area contributed by atoms with Gasteiger partial charge in [0.1, 0.15) is 5.75 Å². The van der Waals surface area contributed by atoms with Crippen molar-refractivity contribution in [2.24, 2.45) is 0 Å². The predicted molar refractivity (Wildman–Crippen MR) is 130 cm³/mol. The number of carbonyl (C=O) groups excluding carboxylic acids is 1. The number of aromatic hydroxyl groups is 1. The molecule has 2 heterocycles. The lowest BCUT2D eigenvalue weighted by Gasteiger charge is -2.38. The van der Waals surface area contributed by atoms with E-state index in [1.807, 2.05) is 49.2 Å². The zero-order valence-electron chi connectivity index (χ0n) is 19.5. The lowest BCUT2D eigenvalue weighted by atomic mass is 10.1. The van der Waals surface area contributed by atoms with E-state index in [-0.39, 0.29) is 11.9 Å². The van der Waals surface area contributed by atoms with Crippen molar-refractivity contribution in [3.63, 3.8) is 0 Å². The number of hydrogen-bond donors (Lipinski definition) is 2. The monoisotopic (exact) mass is 445 g/mol. The average molecular weight is 446 g/mol. The molecule has 7 heteroatoms. The van der Waals surface area contributed by atoms with Gasteiger partial charge in [-0.25, -0.2) is 9.97 Å². The van der Waals surface area contributed by atoms with Crippen molar-refractivity contribution in [1.82, 2.24) is 19.8 Å². The molecule has 2 aromatic carbocycles. The topological polar surface area (TPSA) is 81.6 Å². The SMILES string of the molecule is Cc1cc(CCNc2nccc(-c3cccc(CN4C(=O)CN(C)C[C@@H]4C)c3)n2)ccc1O. The molecule has 172 valence electrons. The number of carbonyl (C=O) groups is 1. The Kier molecular flexibility index (Phi) is 6.89. The summed E-state index contributed by atoms with van der Waals surface area (Å²) in [4.78, 5) is 25.6. The molecule has 1 fully saturated rings. The summed E-state index contributed by atoms with van der Waals surface area (Å²) in [6, 6.07) is 15.9. The number of amides is 1. The third kappa shape index (κ3) is 5.68. The minimum absolute atomic E-state index is 0.166. The zero-order valence-corrected chi connectivity index (χ0v) is 19.5. The Morgan fingerprint density at radius 1 is 1.15 bits per heavy atom. The molecule has 7 nitrogen and oxygen atoms in total. The molecular weight excluding hydrogens is 414 g/mol. The van der Waals surface area contributed by atoms with Crippen LogP contribution in [0.2, 0.25) is 0 Å². The first-order valence-electron chi connectivity index (χ1n) is 11.3. The van der Waals surface area contributed by atoms with Gasteiger partial charge in [-0.1, -0.05) is 30.3 Å². The van der Waals surface area contributed by atoms with Crippen molar-refractivity contribution in [3.8, 4) is 17.0 Å². The summed E-state index contributed by atoms with van der Waals surface area (Å²) >= 11 is 0. The molecule has 2 N–H and O–H groups in total. The normalized spacial score (nSPS) is 16.8. The molecule has 1 aromatic heterocycles. The molecule has 0 saturated carbocycles. The highest BCUT2D eigenvalue weighted by atomic mass is 16.3. The van der Waals surface area contributed by atoms with Gasteiger partial charge >= 0.3 is 0 Å². The Hall–Kier alpha value is -3.45. The van der Waals surface area contributed by atoms with Crippen LogP contribution < -0.4 is 5.32 Å². The van der Waals surface area contributed by atoms with Crippen LogP contribution in [0.25, 0.3) is 11.3 Å². The highest BCUT2D eigenvalue weighted by molar-refractivity contribution is 5.79. The summed E-state index contributed by atoms with van der Waals surface area (Å²) in [5.41, 5.74) is 4.95. The van der Waals surface area contributed by atoms with E-state index in [2.05, 4.69) is 39.2 Å². The van der Waals surface area contributed by atoms with Crippen molar-refractivity contribution in [2.75, 3.05) is 32.0 Å². The molecule has 1 aliphatic heterocycles. The molecular formula is C26H31N5O2. The van der Waals surface area contributed by atoms with Gasteiger partial charge in [-0.3, -0.25) is 9.69 Å². The van der Waals surface area contributed by atoms with Gasteiger partial charge in [-0.05, 0) is 62.2 Å². The molecule has 33 heavy (non-hydrogen) atoms. The summed E-state index contributed by atoms with van der Waals surface area (Å²) in [5, 5.41) is 13.0. The van der Waals surface area contributed by atoms with Crippen molar-refractivity contribution < 1.29 is 9.90 Å². The predicted octanol–water partition coefficient (Wildman–Crippen LogP) is 3.47. The van der Waals surface area contributed by atoms with E-state index >= 15 is 0 Å². The maximum absolute atomic E-state index is 12.5. The molecule has 3 aromatic rings. The van der Waals surface area contributed by atoms with E-state index in [0.717, 1.165) is 40.9 Å². The molecule has 1 amide bonds. The summed E-state index contributed by atoms with van der Waals surface area (Å²) in [6.45, 7) is 6.64. The first-order chi connectivity index (χ1) is 15.9. The van der Waals surface area contributed by atoms with Gasteiger partial charge in [0, 0.05) is 37.4 Å². The van der Waals surface area contributed by atoms with Crippen molar-refractivity contribution >= 4 is 11.9 Å². The number of likely N-dealkylation sites (N-methyl/N-ethyl adjacent to an activating group) is 1. The molecule has 0 spiro atoms. The number of anilines is 1. The first kappa shape index (κ1) is 22.7. The van der Waals surface area contributed by atoms with Crippen molar-refractivity contribution in [1.29, 1.82) is 0 Å². The van der Waals surface area contributed by atoms with E-state index in [1.165, 1.54) is 0 Å². The third-order valence-corrected chi connectivity index (χ3v) is 6.02. The number of piperazine rings is 1. The van der Waals surface area contributed by atoms with E-state index in [0.29, 0.717) is 31.3 Å². The van der Waals surface area contributed by atoms with Gasteiger partial charge in [0.2, 0.25) is 11.9 Å². The lowest BCUT2D eigenvalue weighted by molar-refractivity contribution is -0.139. The Labute approximate surface area is 195 Å². The van der Waals surface area contributed by atoms with Crippen LogP contribution in [0.4, 0.5) is 5.95 Å². The second-order valence-corrected chi connectivity index (χ2v) is 8.83. The molecule has 1 atom stereocenters. The van der Waals surface area contributed by atoms with Crippen LogP contribution >= 0.6 is 0 Å². The molecule has 0 aliphatic carbocycles. The number of nitrogens with one attached hydrogen (secondary N) is 1. The zero-order chi connectivity index (χ0) is 23.4. The summed E-state index contributed by atoms with van der Waals surface area (Å²) in [5.74, 6) is 1.06. The largest absolute Gasteiger partial charge is 0.508 e. The van der Waals surface area contributed by atoms with E-state index in [4.69, 9.17) is 0 Å². The van der Waals surface area contributed by atoms with Crippen LogP contribution in [0, 0.1) is 6.92 Å². The molecule has 0 unspecified atom stereocenters. The van der Waals surface area contributed by atoms with Crippen LogP contribution in [0.5, 0.6) is 5.75 Å². The first-order valence-corrected chi connectivity index (χ1v) is 11.3. The molecule has 1 aliphatic rings. The third-order valence-electron chi connectivity index (χ3n) is 6.02. The highest BCUT2D eigenvalue weighted by Crippen LogP contribution is 2.22. The maximum atomic E-state index is 12.5. The minimum atomic E-state index is 0.166. The number of phenolic OH excluding ortho intramolecular Hbond substituents is 1. The van der Waals surface area contributed by atoms with Gasteiger partial charge in [0.05, 0.1) is 12.2 Å². The quantitative estimate of drug-likeness (QED) is 0.580. The fraction of sp³-hybridized carbons (Fsp3) is 0.346. The second-order valence-electron chi connectivity index (χ2n) is 8.83. The number of hydrogen-bond acceptors (Lipinski definition) is 6.